The Hall–Kier alpha value is 0.110. The van der Waals surface area contributed by atoms with Gasteiger partial charge >= 0.3 is 7.60 Å². The summed E-state index contributed by atoms with van der Waals surface area (Å²) in [6, 6.07) is 0. The van der Waals surface area contributed by atoms with E-state index in [0.29, 0.717) is 0 Å². The van der Waals surface area contributed by atoms with Crippen LogP contribution in [0.3, 0.4) is 0 Å². The van der Waals surface area contributed by atoms with E-state index in [9.17, 15) is 4.57 Å². The van der Waals surface area contributed by atoms with Crippen molar-refractivity contribution < 1.29 is 19.1 Å². The minimum atomic E-state index is -4.06. The molecule has 0 aromatic carbocycles. The Morgan fingerprint density at radius 1 is 1.78 bits per heavy atom. The molecule has 0 fully saturated rings. The minimum Gasteiger partial charge on any atom is -0.369 e. The zero-order valence-electron chi connectivity index (χ0n) is 5.15. The summed E-state index contributed by atoms with van der Waals surface area (Å²) in [5.74, 6) is -1.04. The first-order valence-corrected chi connectivity index (χ1v) is 4.07. The van der Waals surface area contributed by atoms with Crippen LogP contribution >= 0.6 is 7.60 Å². The van der Waals surface area contributed by atoms with Crippen LogP contribution < -0.4 is 0 Å². The van der Waals surface area contributed by atoms with Crippen molar-refractivity contribution in [2.24, 2.45) is 0 Å². The molecule has 1 radical (unpaired) electrons. The quantitative estimate of drug-likeness (QED) is 0.574. The molecule has 0 bridgehead atoms. The first kappa shape index (κ1) is 9.11. The molecule has 0 aromatic rings. The highest BCUT2D eigenvalue weighted by Crippen LogP contribution is 2.42. The fourth-order valence-electron chi connectivity index (χ4n) is 0.423. The van der Waals surface area contributed by atoms with Crippen molar-refractivity contribution in [1.29, 1.82) is 0 Å². The zero-order chi connectivity index (χ0) is 7.49. The average Bonchev–Trinajstić information content (AvgIpc) is 1.65. The van der Waals surface area contributed by atoms with E-state index in [4.69, 9.17) is 9.79 Å². The molecule has 1 atom stereocenters. The Balaban J connectivity index is 3.96. The highest BCUT2D eigenvalue weighted by Gasteiger charge is 2.25. The van der Waals surface area contributed by atoms with Gasteiger partial charge in [-0.15, -0.1) is 0 Å². The van der Waals surface area contributed by atoms with Crippen LogP contribution in [0.4, 0.5) is 0 Å². The molecule has 9 heavy (non-hydrogen) atoms. The van der Waals surface area contributed by atoms with Gasteiger partial charge in [0.25, 0.3) is 0 Å². The molecule has 1 unspecified atom stereocenters. The minimum absolute atomic E-state index is 0.0841. The normalized spacial score (nSPS) is 15.6. The number of rotatable bonds is 3. The Morgan fingerprint density at radius 3 is 2.22 bits per heavy atom. The summed E-state index contributed by atoms with van der Waals surface area (Å²) in [4.78, 5) is 16.8. The van der Waals surface area contributed by atoms with Gasteiger partial charge in [-0.2, -0.15) is 0 Å². The maximum atomic E-state index is 10.3. The van der Waals surface area contributed by atoms with Crippen LogP contribution in [0.2, 0.25) is 0 Å². The number of hydrogen-bond acceptors (Lipinski definition) is 2. The summed E-state index contributed by atoms with van der Waals surface area (Å²) < 4.78 is 14.8. The van der Waals surface area contributed by atoms with E-state index < -0.39 is 13.4 Å². The van der Waals surface area contributed by atoms with Gasteiger partial charge in [0, 0.05) is 7.11 Å². The van der Waals surface area contributed by atoms with Gasteiger partial charge in [-0.1, -0.05) is 6.92 Å². The van der Waals surface area contributed by atoms with Gasteiger partial charge in [0.15, 0.2) is 5.85 Å². The lowest BCUT2D eigenvalue weighted by atomic mass is 10.5. The van der Waals surface area contributed by atoms with Gasteiger partial charge in [-0.3, -0.25) is 4.57 Å². The molecule has 0 spiro atoms. The summed E-state index contributed by atoms with van der Waals surface area (Å²) in [5.41, 5.74) is 0. The smallest absolute Gasteiger partial charge is 0.354 e. The Kier molecular flexibility index (Phi) is 3.36. The van der Waals surface area contributed by atoms with E-state index >= 15 is 0 Å². The van der Waals surface area contributed by atoms with Gasteiger partial charge in [0.2, 0.25) is 0 Å². The SMILES string of the molecule is [CH2]CC(OC)P(=O)(O)O. The molecule has 0 aliphatic carbocycles. The summed E-state index contributed by atoms with van der Waals surface area (Å²) in [5, 5.41) is 0. The lowest BCUT2D eigenvalue weighted by Gasteiger charge is -2.13. The van der Waals surface area contributed by atoms with E-state index in [1.807, 2.05) is 0 Å². The molecule has 0 heterocycles. The molecule has 0 saturated heterocycles. The second-order valence-electron chi connectivity index (χ2n) is 1.57. The molecule has 5 heteroatoms. The van der Waals surface area contributed by atoms with Gasteiger partial charge < -0.3 is 14.5 Å². The Morgan fingerprint density at radius 2 is 2.22 bits per heavy atom. The predicted molar refractivity (Wildman–Crippen MR) is 32.8 cm³/mol. The first-order valence-electron chi connectivity index (χ1n) is 2.39. The van der Waals surface area contributed by atoms with Crippen LogP contribution in [0.15, 0.2) is 0 Å². The molecule has 0 rings (SSSR count). The van der Waals surface area contributed by atoms with Crippen LogP contribution in [0.25, 0.3) is 0 Å². The van der Waals surface area contributed by atoms with Crippen LogP contribution in [-0.4, -0.2) is 22.7 Å². The molecule has 2 N–H and O–H groups in total. The highest BCUT2D eigenvalue weighted by atomic mass is 31.2. The monoisotopic (exact) mass is 153 g/mol. The van der Waals surface area contributed by atoms with E-state index in [2.05, 4.69) is 11.7 Å². The third-order valence-electron chi connectivity index (χ3n) is 0.894. The summed E-state index contributed by atoms with van der Waals surface area (Å²) in [7, 11) is -2.82. The van der Waals surface area contributed by atoms with Crippen molar-refractivity contribution in [3.63, 3.8) is 0 Å². The number of hydrogen-bond donors (Lipinski definition) is 2. The highest BCUT2D eigenvalue weighted by molar-refractivity contribution is 7.52. The van der Waals surface area contributed by atoms with E-state index in [1.165, 1.54) is 7.11 Å². The molecule has 0 aromatic heterocycles. The Bertz CT molecular complexity index is 114. The summed E-state index contributed by atoms with van der Waals surface area (Å²) >= 11 is 0. The zero-order valence-corrected chi connectivity index (χ0v) is 6.04. The van der Waals surface area contributed by atoms with Gasteiger partial charge in [0.1, 0.15) is 0 Å². The van der Waals surface area contributed by atoms with Gasteiger partial charge in [-0.25, -0.2) is 0 Å². The molecule has 0 saturated carbocycles. The van der Waals surface area contributed by atoms with E-state index in [0.717, 1.165) is 0 Å². The molecular weight excluding hydrogens is 143 g/mol. The summed E-state index contributed by atoms with van der Waals surface area (Å²) in [6.07, 6.45) is 0.0841. The van der Waals surface area contributed by atoms with E-state index in [1.54, 1.807) is 0 Å². The standard InChI is InChI=1S/C4H10O4P/c1-3-4(8-2)9(5,6)7/h4H,1,3H2,2H3,(H2,5,6,7). The van der Waals surface area contributed by atoms with Crippen LogP contribution in [-0.2, 0) is 9.30 Å². The molecule has 0 amide bonds. The third kappa shape index (κ3) is 2.96. The fraction of sp³-hybridized carbons (Fsp3) is 0.750. The average molecular weight is 153 g/mol. The maximum absolute atomic E-state index is 10.3. The molecule has 0 aliphatic rings. The molecular formula is C4H10O4P. The largest absolute Gasteiger partial charge is 0.369 e. The lowest BCUT2D eigenvalue weighted by molar-refractivity contribution is 0.138. The van der Waals surface area contributed by atoms with Crippen molar-refractivity contribution in [3.05, 3.63) is 6.92 Å². The van der Waals surface area contributed by atoms with E-state index in [-0.39, 0.29) is 6.42 Å². The van der Waals surface area contributed by atoms with Gasteiger partial charge in [-0.05, 0) is 6.42 Å². The van der Waals surface area contributed by atoms with Crippen molar-refractivity contribution in [2.45, 2.75) is 12.3 Å². The molecule has 55 valence electrons. The van der Waals surface area contributed by atoms with Crippen LogP contribution in [0.5, 0.6) is 0 Å². The summed E-state index contributed by atoms with van der Waals surface area (Å²) in [6.45, 7) is 3.31. The van der Waals surface area contributed by atoms with Crippen molar-refractivity contribution >= 4 is 7.60 Å². The maximum Gasteiger partial charge on any atom is 0.354 e. The molecule has 4 nitrogen and oxygen atoms in total. The third-order valence-corrected chi connectivity index (χ3v) is 2.11. The lowest BCUT2D eigenvalue weighted by Crippen LogP contribution is -2.08. The molecule has 0 aliphatic heterocycles. The number of ether oxygens (including phenoxy) is 1. The van der Waals surface area contributed by atoms with Gasteiger partial charge in [0.05, 0.1) is 0 Å². The number of methoxy groups -OCH3 is 1. The van der Waals surface area contributed by atoms with Crippen LogP contribution in [0.1, 0.15) is 6.42 Å². The topological polar surface area (TPSA) is 66.8 Å². The van der Waals surface area contributed by atoms with Crippen molar-refractivity contribution in [1.82, 2.24) is 0 Å². The second kappa shape index (κ2) is 3.32. The van der Waals surface area contributed by atoms with Crippen molar-refractivity contribution in [2.75, 3.05) is 7.11 Å². The predicted octanol–water partition coefficient (Wildman–Crippen LogP) is 0.361. The van der Waals surface area contributed by atoms with Crippen LogP contribution in [0, 0.1) is 6.92 Å². The Labute approximate surface area is 54.0 Å². The first-order chi connectivity index (χ1) is 4.02. The second-order valence-corrected chi connectivity index (χ2v) is 3.32. The fourth-order valence-corrected chi connectivity index (χ4v) is 1.03. The van der Waals surface area contributed by atoms with Crippen molar-refractivity contribution in [3.8, 4) is 0 Å².